The third kappa shape index (κ3) is 8.82. The molecule has 0 bridgehead atoms. The third-order valence-corrected chi connectivity index (χ3v) is 8.48. The van der Waals surface area contributed by atoms with Crippen molar-refractivity contribution in [2.75, 3.05) is 10.6 Å². The average molecular weight is 663 g/mol. The Kier molecular flexibility index (Phi) is 11.0. The molecular weight excluding hydrogens is 634 g/mol. The van der Waals surface area contributed by atoms with Gasteiger partial charge in [-0.3, -0.25) is 14.4 Å². The van der Waals surface area contributed by atoms with E-state index < -0.39 is 11.8 Å². The lowest BCUT2D eigenvalue weighted by molar-refractivity contribution is -0.116. The number of hydrogen-bond acceptors (Lipinski definition) is 4. The van der Waals surface area contributed by atoms with E-state index in [1.165, 1.54) is 11.8 Å². The van der Waals surface area contributed by atoms with Crippen LogP contribution in [0.15, 0.2) is 112 Å². The fourth-order valence-corrected chi connectivity index (χ4v) is 5.35. The van der Waals surface area contributed by atoms with Gasteiger partial charge in [-0.25, -0.2) is 0 Å². The van der Waals surface area contributed by atoms with Gasteiger partial charge in [0.25, 0.3) is 11.8 Å². The first kappa shape index (κ1) is 31.1. The molecule has 3 amide bonds. The normalized spacial score (nSPS) is 11.9. The molecule has 4 aromatic carbocycles. The number of aryl methyl sites for hydroxylation is 1. The molecule has 0 spiro atoms. The highest BCUT2D eigenvalue weighted by atomic mass is 79.9. The summed E-state index contributed by atoms with van der Waals surface area (Å²) >= 11 is 11.0. The van der Waals surface area contributed by atoms with Gasteiger partial charge in [-0.05, 0) is 85.1 Å². The average Bonchev–Trinajstić information content (AvgIpc) is 2.99. The first-order valence-corrected chi connectivity index (χ1v) is 15.3. The zero-order valence-electron chi connectivity index (χ0n) is 23.0. The Hall–Kier alpha value is -3.85. The maximum atomic E-state index is 13.4. The monoisotopic (exact) mass is 661 g/mol. The summed E-state index contributed by atoms with van der Waals surface area (Å²) in [6, 6.07) is 28.8. The first-order chi connectivity index (χ1) is 20.2. The van der Waals surface area contributed by atoms with Crippen LogP contribution in [0.1, 0.15) is 34.8 Å². The Morgan fingerprint density at radius 2 is 1.60 bits per heavy atom. The Morgan fingerprint density at radius 3 is 2.29 bits per heavy atom. The molecule has 214 valence electrons. The van der Waals surface area contributed by atoms with E-state index in [0.717, 1.165) is 20.5 Å². The maximum Gasteiger partial charge on any atom is 0.272 e. The van der Waals surface area contributed by atoms with E-state index in [0.29, 0.717) is 28.4 Å². The van der Waals surface area contributed by atoms with Crippen molar-refractivity contribution in [1.82, 2.24) is 5.32 Å². The summed E-state index contributed by atoms with van der Waals surface area (Å²) in [6.07, 6.45) is 2.22. The van der Waals surface area contributed by atoms with E-state index >= 15 is 0 Å². The van der Waals surface area contributed by atoms with Crippen LogP contribution in [0, 0.1) is 6.92 Å². The van der Waals surface area contributed by atoms with Crippen molar-refractivity contribution in [3.63, 3.8) is 0 Å². The fourth-order valence-electron chi connectivity index (χ4n) is 3.89. The second-order valence-electron chi connectivity index (χ2n) is 9.38. The highest BCUT2D eigenvalue weighted by Crippen LogP contribution is 2.29. The topological polar surface area (TPSA) is 87.3 Å². The summed E-state index contributed by atoms with van der Waals surface area (Å²) in [5.41, 5.74) is 3.37. The summed E-state index contributed by atoms with van der Waals surface area (Å²) in [7, 11) is 0. The lowest BCUT2D eigenvalue weighted by atomic mass is 10.1. The van der Waals surface area contributed by atoms with Crippen molar-refractivity contribution in [2.45, 2.75) is 30.4 Å². The number of rotatable bonds is 10. The summed E-state index contributed by atoms with van der Waals surface area (Å²) in [5.74, 6) is -1.02. The maximum absolute atomic E-state index is 13.4. The fraction of sp³-hybridized carbons (Fsp3) is 0.121. The molecule has 3 N–H and O–H groups in total. The number of anilines is 2. The van der Waals surface area contributed by atoms with E-state index in [9.17, 15) is 14.4 Å². The van der Waals surface area contributed by atoms with Crippen molar-refractivity contribution in [3.05, 3.63) is 129 Å². The molecule has 4 aromatic rings. The SMILES string of the molecule is CCC(Sc1cccc(NC(=O)/C(=C/c2ccc(Br)cc2)NC(=O)c2ccccc2)c1)C(=O)Nc1ccc(C)c(Cl)c1. The number of thioether (sulfide) groups is 1. The zero-order chi connectivity index (χ0) is 30.1. The van der Waals surface area contributed by atoms with Crippen molar-refractivity contribution in [3.8, 4) is 0 Å². The van der Waals surface area contributed by atoms with Gasteiger partial charge in [-0.15, -0.1) is 11.8 Å². The molecule has 9 heteroatoms. The van der Waals surface area contributed by atoms with Crippen LogP contribution < -0.4 is 16.0 Å². The highest BCUT2D eigenvalue weighted by molar-refractivity contribution is 9.10. The molecule has 6 nitrogen and oxygen atoms in total. The van der Waals surface area contributed by atoms with Crippen LogP contribution in [0.2, 0.25) is 5.02 Å². The van der Waals surface area contributed by atoms with Crippen LogP contribution >= 0.6 is 39.3 Å². The Balaban J connectivity index is 1.49. The largest absolute Gasteiger partial charge is 0.325 e. The molecule has 0 saturated carbocycles. The second-order valence-corrected chi connectivity index (χ2v) is 12.0. The number of nitrogens with one attached hydrogen (secondary N) is 3. The highest BCUT2D eigenvalue weighted by Gasteiger charge is 2.20. The lowest BCUT2D eigenvalue weighted by Crippen LogP contribution is -2.30. The smallest absolute Gasteiger partial charge is 0.272 e. The van der Waals surface area contributed by atoms with Crippen LogP contribution in [0.25, 0.3) is 6.08 Å². The van der Waals surface area contributed by atoms with Gasteiger partial charge in [0.1, 0.15) is 5.70 Å². The second kappa shape index (κ2) is 14.9. The van der Waals surface area contributed by atoms with E-state index in [1.54, 1.807) is 48.5 Å². The van der Waals surface area contributed by atoms with Gasteiger partial charge in [0, 0.05) is 31.3 Å². The number of carbonyl (C=O) groups is 3. The van der Waals surface area contributed by atoms with Gasteiger partial charge in [0.15, 0.2) is 0 Å². The zero-order valence-corrected chi connectivity index (χ0v) is 26.1. The lowest BCUT2D eigenvalue weighted by Gasteiger charge is -2.16. The summed E-state index contributed by atoms with van der Waals surface area (Å²) in [4.78, 5) is 40.1. The number of carbonyl (C=O) groups excluding carboxylic acids is 3. The molecule has 4 rings (SSSR count). The standard InChI is InChI=1S/C33H29BrClN3O3S/c1-3-30(33(41)37-26-17-12-21(2)28(35)20-26)42-27-11-7-10-25(19-27)36-32(40)29(18-22-13-15-24(34)16-14-22)38-31(39)23-8-5-4-6-9-23/h4-20,30H,3H2,1-2H3,(H,36,40)(H,37,41)(H,38,39)/b29-18-. The van der Waals surface area contributed by atoms with Crippen LogP contribution in [0.4, 0.5) is 11.4 Å². The predicted octanol–water partition coefficient (Wildman–Crippen LogP) is 8.33. The first-order valence-electron chi connectivity index (χ1n) is 13.2. The Morgan fingerprint density at radius 1 is 0.881 bits per heavy atom. The third-order valence-electron chi connectivity index (χ3n) is 6.18. The molecule has 0 aliphatic carbocycles. The van der Waals surface area contributed by atoms with Crippen molar-refractivity contribution < 1.29 is 14.4 Å². The minimum atomic E-state index is -0.481. The van der Waals surface area contributed by atoms with Crippen LogP contribution in [0.3, 0.4) is 0 Å². The molecule has 1 unspecified atom stereocenters. The van der Waals surface area contributed by atoms with Crippen molar-refractivity contribution in [1.29, 1.82) is 0 Å². The van der Waals surface area contributed by atoms with Crippen LogP contribution in [0.5, 0.6) is 0 Å². The Bertz CT molecular complexity index is 1610. The molecule has 1 atom stereocenters. The molecule has 0 heterocycles. The van der Waals surface area contributed by atoms with Gasteiger partial charge in [0.2, 0.25) is 5.91 Å². The quantitative estimate of drug-likeness (QED) is 0.118. The van der Waals surface area contributed by atoms with E-state index in [-0.39, 0.29) is 16.9 Å². The molecular formula is C33H29BrClN3O3S. The number of benzene rings is 4. The molecule has 42 heavy (non-hydrogen) atoms. The van der Waals surface area contributed by atoms with E-state index in [4.69, 9.17) is 11.6 Å². The molecule has 0 aliphatic heterocycles. The van der Waals surface area contributed by atoms with Gasteiger partial charge in [-0.2, -0.15) is 0 Å². The molecule has 0 radical (unpaired) electrons. The van der Waals surface area contributed by atoms with E-state index in [2.05, 4.69) is 31.9 Å². The van der Waals surface area contributed by atoms with E-state index in [1.807, 2.05) is 68.4 Å². The Labute approximate surface area is 263 Å². The minimum Gasteiger partial charge on any atom is -0.325 e. The number of halogens is 2. The molecule has 0 aromatic heterocycles. The van der Waals surface area contributed by atoms with Gasteiger partial charge >= 0.3 is 0 Å². The summed E-state index contributed by atoms with van der Waals surface area (Å²) in [6.45, 7) is 3.85. The minimum absolute atomic E-state index is 0.0896. The number of amides is 3. The van der Waals surface area contributed by atoms with Gasteiger partial charge in [0.05, 0.1) is 5.25 Å². The van der Waals surface area contributed by atoms with Crippen molar-refractivity contribution in [2.24, 2.45) is 0 Å². The van der Waals surface area contributed by atoms with Crippen LogP contribution in [-0.4, -0.2) is 23.0 Å². The predicted molar refractivity (Wildman–Crippen MR) is 176 cm³/mol. The van der Waals surface area contributed by atoms with Crippen molar-refractivity contribution >= 4 is 74.5 Å². The molecule has 0 fully saturated rings. The number of hydrogen-bond donors (Lipinski definition) is 3. The van der Waals surface area contributed by atoms with Crippen LogP contribution in [-0.2, 0) is 9.59 Å². The molecule has 0 aliphatic rings. The summed E-state index contributed by atoms with van der Waals surface area (Å²) in [5, 5.41) is 8.79. The van der Waals surface area contributed by atoms with Gasteiger partial charge in [-0.1, -0.05) is 76.9 Å². The molecule has 0 saturated heterocycles. The van der Waals surface area contributed by atoms with Gasteiger partial charge < -0.3 is 16.0 Å². The summed E-state index contributed by atoms with van der Waals surface area (Å²) < 4.78 is 0.898.